The summed E-state index contributed by atoms with van der Waals surface area (Å²) in [6, 6.07) is 4.28. The second-order valence-electron chi connectivity index (χ2n) is 10.9. The smallest absolute Gasteiger partial charge is 0.199 e. The number of rotatable bonds is 0. The maximum Gasteiger partial charge on any atom is 0.553 e. The summed E-state index contributed by atoms with van der Waals surface area (Å²) in [5.41, 5.74) is 11.4. The fourth-order valence-corrected chi connectivity index (χ4v) is 7.83. The lowest BCUT2D eigenvalue weighted by atomic mass is 9.99. The predicted molar refractivity (Wildman–Crippen MR) is 132 cm³/mol. The minimum absolute atomic E-state index is 0.263. The zero-order valence-electron chi connectivity index (χ0n) is 21.2. The summed E-state index contributed by atoms with van der Waals surface area (Å²) in [7, 11) is 0. The van der Waals surface area contributed by atoms with Crippen LogP contribution in [0.5, 0.6) is 0 Å². The first-order valence-electron chi connectivity index (χ1n) is 12.3. The summed E-state index contributed by atoms with van der Waals surface area (Å²) >= 11 is 0. The van der Waals surface area contributed by atoms with Crippen molar-refractivity contribution in [1.29, 1.82) is 0 Å². The average Bonchev–Trinajstić information content (AvgIpc) is 3.53. The second-order valence-corrected chi connectivity index (χ2v) is 10.9. The standard InChI is InChI=1S/C29H25F3N4/c1-12-8-20-16(5)25-14(3)10-22-18(7)27-19(28(30,31)32)11-23-17(6)26-13(2)9-21-15(4)24(12)33(20)29(34(21)26,35(22)25)36(23)27/h8-11H,1-7H3/q+2. The van der Waals surface area contributed by atoms with Crippen molar-refractivity contribution in [3.63, 3.8) is 0 Å². The molecular weight excluding hydrogens is 461 g/mol. The van der Waals surface area contributed by atoms with Crippen molar-refractivity contribution in [2.24, 2.45) is 0 Å². The molecule has 2 aromatic heterocycles. The lowest BCUT2D eigenvalue weighted by Gasteiger charge is -2.40. The van der Waals surface area contributed by atoms with E-state index >= 15 is 0 Å². The molecule has 2 aromatic rings. The summed E-state index contributed by atoms with van der Waals surface area (Å²) in [5, 5.41) is 2.14. The summed E-state index contributed by atoms with van der Waals surface area (Å²) in [4.78, 5) is 0. The average molecular weight is 487 g/mol. The molecule has 180 valence electrons. The third kappa shape index (κ3) is 1.75. The Morgan fingerprint density at radius 2 is 1.39 bits per heavy atom. The molecule has 8 rings (SSSR count). The molecule has 0 radical (unpaired) electrons. The molecule has 0 bridgehead atoms. The van der Waals surface area contributed by atoms with Crippen LogP contribution in [0.4, 0.5) is 13.2 Å². The topological polar surface area (TPSA) is 15.9 Å². The number of hydrogen-bond donors (Lipinski definition) is 0. The van der Waals surface area contributed by atoms with Gasteiger partial charge in [0.25, 0.3) is 0 Å². The number of hydrogen-bond acceptors (Lipinski definition) is 0. The Labute approximate surface area is 206 Å². The van der Waals surface area contributed by atoms with Gasteiger partial charge in [0, 0.05) is 28.9 Å². The lowest BCUT2D eigenvalue weighted by Crippen LogP contribution is -2.71. The van der Waals surface area contributed by atoms with Gasteiger partial charge in [-0.2, -0.15) is 22.3 Å². The highest BCUT2D eigenvalue weighted by Gasteiger charge is 2.74. The van der Waals surface area contributed by atoms with E-state index < -0.39 is 17.7 Å². The molecule has 0 saturated heterocycles. The fourth-order valence-electron chi connectivity index (χ4n) is 7.83. The minimum atomic E-state index is -4.47. The Kier molecular flexibility index (Phi) is 3.16. The number of aryl methyl sites for hydroxylation is 2. The quantitative estimate of drug-likeness (QED) is 0.498. The van der Waals surface area contributed by atoms with Crippen LogP contribution in [0.3, 0.4) is 0 Å². The maximum absolute atomic E-state index is 14.7. The van der Waals surface area contributed by atoms with Crippen molar-refractivity contribution in [3.05, 3.63) is 85.6 Å². The zero-order valence-corrected chi connectivity index (χ0v) is 21.2. The Bertz CT molecular complexity index is 1920. The lowest BCUT2D eigenvalue weighted by molar-refractivity contribution is -0.838. The van der Waals surface area contributed by atoms with Gasteiger partial charge in [-0.25, -0.2) is 0 Å². The van der Waals surface area contributed by atoms with Crippen LogP contribution in [-0.4, -0.2) is 35.9 Å². The molecule has 4 nitrogen and oxygen atoms in total. The first-order chi connectivity index (χ1) is 16.9. The van der Waals surface area contributed by atoms with Gasteiger partial charge in [0.2, 0.25) is 22.8 Å². The van der Waals surface area contributed by atoms with Gasteiger partial charge in [0.05, 0.1) is 27.7 Å². The molecule has 1 unspecified atom stereocenters. The van der Waals surface area contributed by atoms with E-state index in [2.05, 4.69) is 66.5 Å². The highest BCUT2D eigenvalue weighted by Crippen LogP contribution is 2.53. The van der Waals surface area contributed by atoms with Crippen molar-refractivity contribution < 1.29 is 22.3 Å². The first-order valence-corrected chi connectivity index (χ1v) is 12.3. The van der Waals surface area contributed by atoms with Crippen LogP contribution in [0.1, 0.15) is 57.1 Å². The van der Waals surface area contributed by atoms with E-state index in [4.69, 9.17) is 0 Å². The van der Waals surface area contributed by atoms with E-state index in [-0.39, 0.29) is 5.70 Å². The molecule has 1 spiro atoms. The molecule has 36 heavy (non-hydrogen) atoms. The van der Waals surface area contributed by atoms with Crippen LogP contribution < -0.4 is 10.7 Å². The third-order valence-corrected chi connectivity index (χ3v) is 9.04. The molecule has 0 saturated carbocycles. The summed E-state index contributed by atoms with van der Waals surface area (Å²) in [6.07, 6.45) is -0.881. The maximum atomic E-state index is 14.7. The molecule has 6 aliphatic rings. The third-order valence-electron chi connectivity index (χ3n) is 9.04. The molecule has 0 N–H and O–H groups in total. The van der Waals surface area contributed by atoms with Crippen LogP contribution >= 0.6 is 0 Å². The highest BCUT2D eigenvalue weighted by atomic mass is 19.4. The molecule has 0 aromatic carbocycles. The van der Waals surface area contributed by atoms with E-state index in [9.17, 15) is 13.2 Å². The van der Waals surface area contributed by atoms with Crippen LogP contribution in [0.25, 0.3) is 16.7 Å². The van der Waals surface area contributed by atoms with Crippen LogP contribution in [0.2, 0.25) is 0 Å². The van der Waals surface area contributed by atoms with E-state index in [0.29, 0.717) is 11.3 Å². The van der Waals surface area contributed by atoms with E-state index in [0.717, 1.165) is 66.9 Å². The summed E-state index contributed by atoms with van der Waals surface area (Å²) in [6.45, 7) is 14.3. The Balaban J connectivity index is 1.73. The monoisotopic (exact) mass is 486 g/mol. The predicted octanol–water partition coefficient (Wildman–Crippen LogP) is 4.14. The van der Waals surface area contributed by atoms with Gasteiger partial charge < -0.3 is 0 Å². The molecular formula is C29H25F3N4+2. The van der Waals surface area contributed by atoms with Crippen molar-refractivity contribution in [2.45, 2.75) is 60.6 Å². The molecule has 0 aliphatic carbocycles. The van der Waals surface area contributed by atoms with Gasteiger partial charge in [-0.3, -0.25) is 0 Å². The van der Waals surface area contributed by atoms with Gasteiger partial charge >= 0.3 is 12.1 Å². The summed E-state index contributed by atoms with van der Waals surface area (Å²) in [5.74, 6) is -1.04. The van der Waals surface area contributed by atoms with Gasteiger partial charge in [0.15, 0.2) is 0 Å². The Morgan fingerprint density at radius 1 is 0.722 bits per heavy atom. The van der Waals surface area contributed by atoms with Gasteiger partial charge in [-0.05, 0) is 77.3 Å². The second kappa shape index (κ2) is 5.53. The molecule has 1 atom stereocenters. The number of halogens is 3. The Morgan fingerprint density at radius 3 is 2.08 bits per heavy atom. The SMILES string of the molecule is CC1=CC2=[N+]3C1=C(C)C1=[N+]4C(=C(C)c5cc(C)c6n5C43n3c(cc(C)c3=C2C)=C6C)C(C(F)(F)F)=C1. The number of nitrogens with zero attached hydrogens (tertiary/aromatic N) is 4. The van der Waals surface area contributed by atoms with Gasteiger partial charge in [-0.15, -0.1) is 0 Å². The van der Waals surface area contributed by atoms with Crippen molar-refractivity contribution in [1.82, 2.24) is 9.13 Å². The number of alkyl halides is 3. The van der Waals surface area contributed by atoms with Crippen LogP contribution in [0, 0.1) is 13.8 Å². The largest absolute Gasteiger partial charge is 0.553 e. The van der Waals surface area contributed by atoms with Crippen LogP contribution in [-0.2, 0) is 5.91 Å². The normalized spacial score (nSPS) is 24.8. The summed E-state index contributed by atoms with van der Waals surface area (Å²) < 4.78 is 52.9. The molecule has 8 heterocycles. The molecule has 7 heteroatoms. The molecule has 0 fully saturated rings. The van der Waals surface area contributed by atoms with E-state index in [1.54, 1.807) is 0 Å². The van der Waals surface area contributed by atoms with Crippen molar-refractivity contribution in [2.75, 3.05) is 0 Å². The van der Waals surface area contributed by atoms with Gasteiger partial charge in [0.1, 0.15) is 5.57 Å². The van der Waals surface area contributed by atoms with Crippen LogP contribution in [0.15, 0.2) is 52.4 Å². The van der Waals surface area contributed by atoms with Crippen molar-refractivity contribution >= 4 is 28.1 Å². The zero-order chi connectivity index (χ0) is 25.4. The van der Waals surface area contributed by atoms with Gasteiger partial charge in [-0.1, -0.05) is 9.15 Å². The van der Waals surface area contributed by atoms with Crippen molar-refractivity contribution in [3.8, 4) is 0 Å². The number of allylic oxidation sites excluding steroid dienone is 6. The minimum Gasteiger partial charge on any atom is -0.199 e. The Hall–Kier alpha value is -3.61. The molecule has 0 amide bonds. The van der Waals surface area contributed by atoms with E-state index in [1.165, 1.54) is 6.08 Å². The fraction of sp³-hybridized carbons (Fsp3) is 0.310. The number of aromatic nitrogens is 2. The highest BCUT2D eigenvalue weighted by molar-refractivity contribution is 6.23. The van der Waals surface area contributed by atoms with E-state index in [1.807, 2.05) is 18.4 Å². The molecule has 6 aliphatic heterocycles. The first kappa shape index (κ1) is 20.6.